The maximum Gasteiger partial charge on any atom is 0.242 e. The highest BCUT2D eigenvalue weighted by Gasteiger charge is 2.20. The lowest BCUT2D eigenvalue weighted by molar-refractivity contribution is -0.116. The molecule has 0 radical (unpaired) electrons. The Kier molecular flexibility index (Phi) is 6.31. The van der Waals surface area contributed by atoms with Crippen LogP contribution in [-0.4, -0.2) is 42.3 Å². The number of rotatable bonds is 7. The van der Waals surface area contributed by atoms with Crippen LogP contribution >= 0.6 is 0 Å². The molecule has 8 heteroatoms. The molecule has 1 amide bonds. The predicted octanol–water partition coefficient (Wildman–Crippen LogP) is 4.16. The van der Waals surface area contributed by atoms with Crippen LogP contribution < -0.4 is 5.32 Å². The molecule has 170 valence electrons. The minimum absolute atomic E-state index is 0.177. The normalized spacial score (nSPS) is 11.8. The van der Waals surface area contributed by atoms with Gasteiger partial charge in [0, 0.05) is 38.3 Å². The fourth-order valence-corrected chi connectivity index (χ4v) is 4.85. The van der Waals surface area contributed by atoms with Gasteiger partial charge in [-0.1, -0.05) is 36.4 Å². The van der Waals surface area contributed by atoms with E-state index in [2.05, 4.69) is 9.88 Å². The predicted molar refractivity (Wildman–Crippen MR) is 130 cm³/mol. The third-order valence-electron chi connectivity index (χ3n) is 5.45. The average Bonchev–Trinajstić information content (AvgIpc) is 3.18. The molecule has 33 heavy (non-hydrogen) atoms. The largest absolute Gasteiger partial charge is 0.326 e. The second-order valence-electron chi connectivity index (χ2n) is 8.00. The fraction of sp³-hybridized carbons (Fsp3) is 0.200. The number of amides is 1. The highest BCUT2D eigenvalue weighted by Crippen LogP contribution is 2.24. The van der Waals surface area contributed by atoms with Gasteiger partial charge in [-0.05, 0) is 48.9 Å². The van der Waals surface area contributed by atoms with Crippen LogP contribution in [0.1, 0.15) is 17.8 Å². The Morgan fingerprint density at radius 2 is 1.70 bits per heavy atom. The molecule has 0 spiro atoms. The number of para-hydroxylation sites is 3. The molecule has 0 saturated heterocycles. The Bertz CT molecular complexity index is 1410. The van der Waals surface area contributed by atoms with Crippen LogP contribution in [0.4, 0.5) is 5.69 Å². The van der Waals surface area contributed by atoms with Crippen molar-refractivity contribution in [2.24, 2.45) is 0 Å². The van der Waals surface area contributed by atoms with Crippen molar-refractivity contribution in [2.45, 2.75) is 24.7 Å². The van der Waals surface area contributed by atoms with Crippen LogP contribution in [0.25, 0.3) is 16.7 Å². The molecule has 1 N–H and O–H groups in total. The Morgan fingerprint density at radius 3 is 2.42 bits per heavy atom. The molecule has 0 atom stereocenters. The number of carbonyl (C=O) groups excluding carboxylic acids is 1. The van der Waals surface area contributed by atoms with E-state index in [4.69, 9.17) is 4.98 Å². The monoisotopic (exact) mass is 462 g/mol. The highest BCUT2D eigenvalue weighted by molar-refractivity contribution is 7.89. The summed E-state index contributed by atoms with van der Waals surface area (Å²) in [6, 6.07) is 22.7. The first kappa shape index (κ1) is 22.7. The first-order valence-electron chi connectivity index (χ1n) is 10.6. The summed E-state index contributed by atoms with van der Waals surface area (Å²) in [4.78, 5) is 17.6. The molecular weight excluding hydrogens is 436 g/mol. The number of hydrogen-bond donors (Lipinski definition) is 1. The zero-order valence-electron chi connectivity index (χ0n) is 18.8. The molecule has 0 fully saturated rings. The summed E-state index contributed by atoms with van der Waals surface area (Å²) < 4.78 is 28.3. The molecule has 3 aromatic carbocycles. The van der Waals surface area contributed by atoms with Crippen molar-refractivity contribution >= 4 is 32.7 Å². The van der Waals surface area contributed by atoms with Gasteiger partial charge in [0.15, 0.2) is 0 Å². The minimum Gasteiger partial charge on any atom is -0.326 e. The summed E-state index contributed by atoms with van der Waals surface area (Å²) in [6.07, 6.45) is 0.643. The standard InChI is InChI=1S/C25H26N4O3S/c1-18-13-14-19(17-23(18)33(31,32)28(2)3)26-25(30)16-15-24-27-21-11-7-8-12-22(21)29(24)20-9-5-4-6-10-20/h4-14,17H,15-16H2,1-3H3,(H,26,30). The smallest absolute Gasteiger partial charge is 0.242 e. The molecule has 1 heterocycles. The molecule has 0 aliphatic carbocycles. The van der Waals surface area contributed by atoms with Crippen LogP contribution in [0.2, 0.25) is 0 Å². The van der Waals surface area contributed by atoms with E-state index in [1.54, 1.807) is 19.1 Å². The quantitative estimate of drug-likeness (QED) is 0.447. The van der Waals surface area contributed by atoms with E-state index in [1.165, 1.54) is 20.2 Å². The second-order valence-corrected chi connectivity index (χ2v) is 10.1. The molecular formula is C25H26N4O3S. The van der Waals surface area contributed by atoms with Gasteiger partial charge >= 0.3 is 0 Å². The lowest BCUT2D eigenvalue weighted by Crippen LogP contribution is -2.23. The van der Waals surface area contributed by atoms with E-state index < -0.39 is 10.0 Å². The Hall–Kier alpha value is -3.49. The number of aromatic nitrogens is 2. The number of nitrogens with zero attached hydrogens (tertiary/aromatic N) is 3. The number of benzene rings is 3. The van der Waals surface area contributed by atoms with Crippen molar-refractivity contribution in [3.05, 3.63) is 84.2 Å². The average molecular weight is 463 g/mol. The van der Waals surface area contributed by atoms with Gasteiger partial charge in [0.05, 0.1) is 15.9 Å². The van der Waals surface area contributed by atoms with Crippen molar-refractivity contribution in [3.63, 3.8) is 0 Å². The van der Waals surface area contributed by atoms with Gasteiger partial charge in [-0.2, -0.15) is 0 Å². The summed E-state index contributed by atoms with van der Waals surface area (Å²) in [6.45, 7) is 1.73. The fourth-order valence-electron chi connectivity index (χ4n) is 3.71. The van der Waals surface area contributed by atoms with E-state index in [-0.39, 0.29) is 17.2 Å². The van der Waals surface area contributed by atoms with E-state index in [0.29, 0.717) is 17.7 Å². The number of carbonyl (C=O) groups is 1. The maximum atomic E-state index is 12.7. The SMILES string of the molecule is Cc1ccc(NC(=O)CCc2nc3ccccc3n2-c2ccccc2)cc1S(=O)(=O)N(C)C. The van der Waals surface area contributed by atoms with Crippen molar-refractivity contribution < 1.29 is 13.2 Å². The first-order chi connectivity index (χ1) is 15.8. The first-order valence-corrected chi connectivity index (χ1v) is 12.1. The molecule has 0 aliphatic heterocycles. The third kappa shape index (κ3) is 4.67. The molecule has 0 unspecified atom stereocenters. The van der Waals surface area contributed by atoms with Gasteiger partial charge in [-0.3, -0.25) is 9.36 Å². The van der Waals surface area contributed by atoms with Crippen LogP contribution in [0.5, 0.6) is 0 Å². The molecule has 0 aliphatic rings. The van der Waals surface area contributed by atoms with Gasteiger partial charge in [0.1, 0.15) is 5.82 Å². The topological polar surface area (TPSA) is 84.3 Å². The third-order valence-corrected chi connectivity index (χ3v) is 7.41. The summed E-state index contributed by atoms with van der Waals surface area (Å²) in [7, 11) is -0.634. The maximum absolute atomic E-state index is 12.7. The number of hydrogen-bond acceptors (Lipinski definition) is 4. The number of aryl methyl sites for hydroxylation is 2. The Balaban J connectivity index is 1.55. The Labute approximate surface area is 193 Å². The van der Waals surface area contributed by atoms with Crippen molar-refractivity contribution in [3.8, 4) is 5.69 Å². The number of anilines is 1. The van der Waals surface area contributed by atoms with Gasteiger partial charge < -0.3 is 5.32 Å². The van der Waals surface area contributed by atoms with Gasteiger partial charge in [0.25, 0.3) is 0 Å². The number of imidazole rings is 1. The van der Waals surface area contributed by atoms with Crippen molar-refractivity contribution in [1.29, 1.82) is 0 Å². The molecule has 7 nitrogen and oxygen atoms in total. The molecule has 4 aromatic rings. The summed E-state index contributed by atoms with van der Waals surface area (Å²) >= 11 is 0. The van der Waals surface area contributed by atoms with Gasteiger partial charge in [-0.15, -0.1) is 0 Å². The molecule has 4 rings (SSSR count). The van der Waals surface area contributed by atoms with Crippen molar-refractivity contribution in [2.75, 3.05) is 19.4 Å². The lowest BCUT2D eigenvalue weighted by Gasteiger charge is -2.15. The second kappa shape index (κ2) is 9.17. The van der Waals surface area contributed by atoms with Crippen LogP contribution in [0.15, 0.2) is 77.7 Å². The summed E-state index contributed by atoms with van der Waals surface area (Å²) in [5.74, 6) is 0.580. The lowest BCUT2D eigenvalue weighted by atomic mass is 10.2. The van der Waals surface area contributed by atoms with E-state index in [1.807, 2.05) is 54.6 Å². The highest BCUT2D eigenvalue weighted by atomic mass is 32.2. The zero-order chi connectivity index (χ0) is 23.6. The van der Waals surface area contributed by atoms with E-state index >= 15 is 0 Å². The van der Waals surface area contributed by atoms with Crippen LogP contribution in [0.3, 0.4) is 0 Å². The van der Waals surface area contributed by atoms with E-state index in [9.17, 15) is 13.2 Å². The number of fused-ring (bicyclic) bond motifs is 1. The van der Waals surface area contributed by atoms with Crippen molar-refractivity contribution in [1.82, 2.24) is 13.9 Å². The van der Waals surface area contributed by atoms with Crippen LogP contribution in [-0.2, 0) is 21.2 Å². The minimum atomic E-state index is -3.60. The molecule has 1 aromatic heterocycles. The van der Waals surface area contributed by atoms with Crippen LogP contribution in [0, 0.1) is 6.92 Å². The van der Waals surface area contributed by atoms with E-state index in [0.717, 1.165) is 26.9 Å². The number of sulfonamides is 1. The Morgan fingerprint density at radius 1 is 1.00 bits per heavy atom. The molecule has 0 saturated carbocycles. The zero-order valence-corrected chi connectivity index (χ0v) is 19.6. The molecule has 0 bridgehead atoms. The summed E-state index contributed by atoms with van der Waals surface area (Å²) in [5, 5.41) is 2.82. The summed E-state index contributed by atoms with van der Waals surface area (Å²) in [5.41, 5.74) is 3.91. The number of nitrogens with one attached hydrogen (secondary N) is 1. The van der Waals surface area contributed by atoms with Gasteiger partial charge in [-0.25, -0.2) is 17.7 Å². The van der Waals surface area contributed by atoms with Gasteiger partial charge in [0.2, 0.25) is 15.9 Å².